The van der Waals surface area contributed by atoms with Gasteiger partial charge in [-0.15, -0.1) is 10.2 Å². The first-order valence-corrected chi connectivity index (χ1v) is 14.2. The van der Waals surface area contributed by atoms with Crippen LogP contribution in [0.3, 0.4) is 0 Å². The summed E-state index contributed by atoms with van der Waals surface area (Å²) in [7, 11) is 1.65. The number of carbonyl (C=O) groups is 1. The molecule has 3 heterocycles. The Labute approximate surface area is 237 Å². The van der Waals surface area contributed by atoms with Crippen molar-refractivity contribution >= 4 is 17.7 Å². The summed E-state index contributed by atoms with van der Waals surface area (Å²) in [6.07, 6.45) is 0. The van der Waals surface area contributed by atoms with Gasteiger partial charge in [0, 0.05) is 44.0 Å². The molecule has 0 saturated carbocycles. The van der Waals surface area contributed by atoms with Crippen molar-refractivity contribution in [2.45, 2.75) is 18.6 Å². The Morgan fingerprint density at radius 2 is 1.68 bits per heavy atom. The van der Waals surface area contributed by atoms with Gasteiger partial charge < -0.3 is 19.1 Å². The third kappa shape index (κ3) is 5.64. The van der Waals surface area contributed by atoms with Crippen molar-refractivity contribution in [1.29, 1.82) is 0 Å². The number of piperazine rings is 1. The number of fused-ring (bicyclic) bond motifs is 1. The molecule has 2 aliphatic rings. The molecule has 0 radical (unpaired) electrons. The molecule has 4 aromatic rings. The van der Waals surface area contributed by atoms with Gasteiger partial charge >= 0.3 is 0 Å². The second-order valence-electron chi connectivity index (χ2n) is 9.84. The van der Waals surface area contributed by atoms with Crippen LogP contribution in [0.1, 0.15) is 11.1 Å². The summed E-state index contributed by atoms with van der Waals surface area (Å²) in [5.41, 5.74) is 4.23. The first-order chi connectivity index (χ1) is 19.6. The molecule has 1 saturated heterocycles. The van der Waals surface area contributed by atoms with E-state index < -0.39 is 0 Å². The standard InChI is InChI=1S/C30H31N5O4S/c1-21-3-6-23(7-4-21)29-31-32-30(35(29)24-8-10-25(37-2)11-9-24)40-19-28(36)34-15-13-33(14-16-34)18-22-5-12-26-27(17-22)39-20-38-26/h3-12,17H,13-16,18-20H2,1-2H3. The zero-order valence-electron chi connectivity index (χ0n) is 22.6. The lowest BCUT2D eigenvalue weighted by molar-refractivity contribution is -0.130. The van der Waals surface area contributed by atoms with Gasteiger partial charge in [0.1, 0.15) is 5.75 Å². The number of benzene rings is 3. The van der Waals surface area contributed by atoms with Crippen LogP contribution in [0, 0.1) is 6.92 Å². The molecular formula is C30H31N5O4S. The van der Waals surface area contributed by atoms with Gasteiger partial charge in [-0.2, -0.15) is 0 Å². The van der Waals surface area contributed by atoms with E-state index in [-0.39, 0.29) is 12.7 Å². The minimum atomic E-state index is 0.105. The maximum Gasteiger partial charge on any atom is 0.233 e. The number of hydrogen-bond donors (Lipinski definition) is 0. The fourth-order valence-corrected chi connectivity index (χ4v) is 5.74. The number of thioether (sulfide) groups is 1. The average molecular weight is 558 g/mol. The molecule has 0 atom stereocenters. The van der Waals surface area contributed by atoms with Crippen molar-refractivity contribution in [3.63, 3.8) is 0 Å². The zero-order chi connectivity index (χ0) is 27.5. The molecule has 6 rings (SSSR count). The Hall–Kier alpha value is -4.02. The van der Waals surface area contributed by atoms with E-state index in [2.05, 4.69) is 40.2 Å². The highest BCUT2D eigenvalue weighted by Crippen LogP contribution is 2.33. The first-order valence-electron chi connectivity index (χ1n) is 13.3. The van der Waals surface area contributed by atoms with Crippen LogP contribution in [-0.2, 0) is 11.3 Å². The Bertz CT molecular complexity index is 1480. The summed E-state index contributed by atoms with van der Waals surface area (Å²) in [4.78, 5) is 17.5. The molecule has 1 fully saturated rings. The normalized spacial score (nSPS) is 14.9. The number of aromatic nitrogens is 3. The third-order valence-corrected chi connectivity index (χ3v) is 8.08. The first kappa shape index (κ1) is 26.2. The number of aryl methyl sites for hydroxylation is 1. The predicted molar refractivity (Wildman–Crippen MR) is 153 cm³/mol. The number of amides is 1. The SMILES string of the molecule is COc1ccc(-n2c(SCC(=O)N3CCN(Cc4ccc5c(c4)OCO5)CC3)nnc2-c2ccc(C)cc2)cc1. The van der Waals surface area contributed by atoms with Crippen molar-refractivity contribution in [3.05, 3.63) is 77.9 Å². The van der Waals surface area contributed by atoms with Gasteiger partial charge in [-0.25, -0.2) is 0 Å². The quantitative estimate of drug-likeness (QED) is 0.295. The smallest absolute Gasteiger partial charge is 0.233 e. The molecule has 0 spiro atoms. The average Bonchev–Trinajstić information content (AvgIpc) is 3.64. The number of methoxy groups -OCH3 is 1. The van der Waals surface area contributed by atoms with E-state index in [0.29, 0.717) is 24.0 Å². The van der Waals surface area contributed by atoms with Gasteiger partial charge in [0.2, 0.25) is 12.7 Å². The Morgan fingerprint density at radius 3 is 2.42 bits per heavy atom. The van der Waals surface area contributed by atoms with Crippen molar-refractivity contribution in [3.8, 4) is 34.3 Å². The van der Waals surface area contributed by atoms with E-state index in [9.17, 15) is 4.79 Å². The number of rotatable bonds is 8. The fourth-order valence-electron chi connectivity index (χ4n) is 4.89. The highest BCUT2D eigenvalue weighted by atomic mass is 32.2. The molecule has 40 heavy (non-hydrogen) atoms. The predicted octanol–water partition coefficient (Wildman–Crippen LogP) is 4.42. The third-order valence-electron chi connectivity index (χ3n) is 7.17. The van der Waals surface area contributed by atoms with Crippen LogP contribution in [0.5, 0.6) is 17.2 Å². The zero-order valence-corrected chi connectivity index (χ0v) is 23.4. The minimum absolute atomic E-state index is 0.105. The molecule has 2 aliphatic heterocycles. The molecule has 0 aliphatic carbocycles. The van der Waals surface area contributed by atoms with Crippen LogP contribution in [0.2, 0.25) is 0 Å². The number of ether oxygens (including phenoxy) is 3. The van der Waals surface area contributed by atoms with Crippen LogP contribution in [0.25, 0.3) is 17.1 Å². The van der Waals surface area contributed by atoms with Gasteiger partial charge in [-0.1, -0.05) is 47.7 Å². The molecule has 0 bridgehead atoms. The maximum absolute atomic E-state index is 13.2. The van der Waals surface area contributed by atoms with Crippen molar-refractivity contribution in [2.75, 3.05) is 45.8 Å². The molecule has 9 nitrogen and oxygen atoms in total. The van der Waals surface area contributed by atoms with Gasteiger partial charge in [-0.3, -0.25) is 14.3 Å². The monoisotopic (exact) mass is 557 g/mol. The van der Waals surface area contributed by atoms with Crippen LogP contribution in [-0.4, -0.2) is 76.3 Å². The van der Waals surface area contributed by atoms with Gasteiger partial charge in [0.25, 0.3) is 0 Å². The topological polar surface area (TPSA) is 82.0 Å². The molecule has 10 heteroatoms. The molecule has 0 unspecified atom stereocenters. The lowest BCUT2D eigenvalue weighted by Crippen LogP contribution is -2.48. The summed E-state index contributed by atoms with van der Waals surface area (Å²) >= 11 is 1.41. The fraction of sp³-hybridized carbons (Fsp3) is 0.300. The largest absolute Gasteiger partial charge is 0.497 e. The summed E-state index contributed by atoms with van der Waals surface area (Å²) in [5, 5.41) is 9.67. The van der Waals surface area contributed by atoms with E-state index >= 15 is 0 Å². The van der Waals surface area contributed by atoms with E-state index in [1.807, 2.05) is 58.0 Å². The van der Waals surface area contributed by atoms with Crippen LogP contribution >= 0.6 is 11.8 Å². The van der Waals surface area contributed by atoms with Crippen LogP contribution in [0.15, 0.2) is 71.9 Å². The summed E-state index contributed by atoms with van der Waals surface area (Å²) in [6, 6.07) is 22.1. The number of carbonyl (C=O) groups excluding carboxylic acids is 1. The lowest BCUT2D eigenvalue weighted by atomic mass is 10.1. The van der Waals surface area contributed by atoms with Crippen LogP contribution < -0.4 is 14.2 Å². The van der Waals surface area contributed by atoms with Gasteiger partial charge in [0.05, 0.1) is 12.9 Å². The van der Waals surface area contributed by atoms with E-state index in [1.54, 1.807) is 7.11 Å². The molecule has 3 aromatic carbocycles. The lowest BCUT2D eigenvalue weighted by Gasteiger charge is -2.34. The second-order valence-corrected chi connectivity index (χ2v) is 10.8. The Balaban J connectivity index is 1.11. The van der Waals surface area contributed by atoms with Gasteiger partial charge in [-0.05, 0) is 48.9 Å². The minimum Gasteiger partial charge on any atom is -0.497 e. The molecular weight excluding hydrogens is 526 g/mol. The van der Waals surface area contributed by atoms with E-state index in [1.165, 1.54) is 22.9 Å². The summed E-state index contributed by atoms with van der Waals surface area (Å²) in [6.45, 7) is 6.20. The maximum atomic E-state index is 13.2. The van der Waals surface area contributed by atoms with Gasteiger partial charge in [0.15, 0.2) is 22.5 Å². The molecule has 206 valence electrons. The second kappa shape index (κ2) is 11.6. The summed E-state index contributed by atoms with van der Waals surface area (Å²) < 4.78 is 18.3. The van der Waals surface area contributed by atoms with E-state index in [0.717, 1.165) is 54.0 Å². The number of hydrogen-bond acceptors (Lipinski definition) is 8. The van der Waals surface area contributed by atoms with Crippen molar-refractivity contribution < 1.29 is 19.0 Å². The highest BCUT2D eigenvalue weighted by molar-refractivity contribution is 7.99. The van der Waals surface area contributed by atoms with Crippen molar-refractivity contribution in [2.24, 2.45) is 0 Å². The number of nitrogens with zero attached hydrogens (tertiary/aromatic N) is 5. The van der Waals surface area contributed by atoms with Crippen molar-refractivity contribution in [1.82, 2.24) is 24.6 Å². The molecule has 0 N–H and O–H groups in total. The highest BCUT2D eigenvalue weighted by Gasteiger charge is 2.24. The van der Waals surface area contributed by atoms with E-state index in [4.69, 9.17) is 14.2 Å². The Kier molecular flexibility index (Phi) is 7.61. The van der Waals surface area contributed by atoms with Crippen LogP contribution in [0.4, 0.5) is 0 Å². The molecule has 1 aromatic heterocycles. The molecule has 1 amide bonds. The summed E-state index contributed by atoms with van der Waals surface area (Å²) in [5.74, 6) is 3.51. The Morgan fingerprint density at radius 1 is 0.925 bits per heavy atom.